The molecule has 110 valence electrons. The number of rotatable bonds is 5. The van der Waals surface area contributed by atoms with Gasteiger partial charge in [0, 0.05) is 18.7 Å². The molecule has 0 atom stereocenters. The quantitative estimate of drug-likeness (QED) is 0.673. The van der Waals surface area contributed by atoms with Crippen molar-refractivity contribution in [2.45, 2.75) is 13.3 Å². The van der Waals surface area contributed by atoms with Crippen LogP contribution in [0.1, 0.15) is 11.1 Å². The van der Waals surface area contributed by atoms with Crippen LogP contribution in [0, 0.1) is 28.7 Å². The summed E-state index contributed by atoms with van der Waals surface area (Å²) in [6, 6.07) is 8.16. The average Bonchev–Trinajstić information content (AvgIpc) is 2.39. The van der Waals surface area contributed by atoms with Gasteiger partial charge in [-0.1, -0.05) is 6.07 Å². The first-order valence-corrected chi connectivity index (χ1v) is 6.39. The van der Waals surface area contributed by atoms with E-state index in [1.807, 2.05) is 0 Å². The number of aryl methyl sites for hydroxylation is 1. The third-order valence-electron chi connectivity index (χ3n) is 3.00. The van der Waals surface area contributed by atoms with E-state index in [0.717, 1.165) is 11.6 Å². The first-order chi connectivity index (χ1) is 9.95. The van der Waals surface area contributed by atoms with Gasteiger partial charge in [-0.2, -0.15) is 0 Å². The normalized spacial score (nSPS) is 10.4. The van der Waals surface area contributed by atoms with Crippen LogP contribution in [0.25, 0.3) is 0 Å². The molecule has 2 rings (SSSR count). The maximum atomic E-state index is 13.0. The molecule has 2 aromatic rings. The molecule has 1 N–H and O–H groups in total. The minimum atomic E-state index is -0.633. The highest BCUT2D eigenvalue weighted by Crippen LogP contribution is 2.25. The lowest BCUT2D eigenvalue weighted by Gasteiger charge is -2.08. The summed E-state index contributed by atoms with van der Waals surface area (Å²) >= 11 is 0. The van der Waals surface area contributed by atoms with Crippen molar-refractivity contribution in [1.29, 1.82) is 0 Å². The Kier molecular flexibility index (Phi) is 4.47. The first-order valence-electron chi connectivity index (χ1n) is 6.39. The highest BCUT2D eigenvalue weighted by atomic mass is 19.1. The number of nitrogens with zero attached hydrogens (tertiary/aromatic N) is 1. The predicted molar refractivity (Wildman–Crippen MR) is 76.4 cm³/mol. The van der Waals surface area contributed by atoms with Crippen molar-refractivity contribution in [3.63, 3.8) is 0 Å². The van der Waals surface area contributed by atoms with E-state index in [-0.39, 0.29) is 5.69 Å². The van der Waals surface area contributed by atoms with Gasteiger partial charge in [-0.25, -0.2) is 8.78 Å². The van der Waals surface area contributed by atoms with Gasteiger partial charge in [0.25, 0.3) is 5.69 Å². The van der Waals surface area contributed by atoms with Crippen LogP contribution in [0.3, 0.4) is 0 Å². The fraction of sp³-hybridized carbons (Fsp3) is 0.200. The number of hydrogen-bond acceptors (Lipinski definition) is 3. The Hall–Kier alpha value is -2.50. The summed E-state index contributed by atoms with van der Waals surface area (Å²) in [5.74, 6) is -1.27. The molecule has 4 nitrogen and oxygen atoms in total. The van der Waals surface area contributed by atoms with E-state index in [4.69, 9.17) is 0 Å². The zero-order chi connectivity index (χ0) is 15.4. The fourth-order valence-corrected chi connectivity index (χ4v) is 2.04. The number of halogens is 2. The first kappa shape index (κ1) is 14.9. The second-order valence-electron chi connectivity index (χ2n) is 4.73. The minimum absolute atomic E-state index is 0.0135. The summed E-state index contributed by atoms with van der Waals surface area (Å²) in [6.07, 6.45) is 0.361. The van der Waals surface area contributed by atoms with Crippen LogP contribution in [0.5, 0.6) is 0 Å². The molecule has 2 aromatic carbocycles. The minimum Gasteiger partial charge on any atom is -0.379 e. The van der Waals surface area contributed by atoms with Crippen LogP contribution >= 0.6 is 0 Å². The molecule has 0 spiro atoms. The summed E-state index contributed by atoms with van der Waals surface area (Å²) in [7, 11) is 0. The monoisotopic (exact) mass is 292 g/mol. The van der Waals surface area contributed by atoms with E-state index in [1.54, 1.807) is 19.1 Å². The molecular formula is C15H14F2N2O2. The Morgan fingerprint density at radius 2 is 1.81 bits per heavy atom. The molecule has 0 bridgehead atoms. The average molecular weight is 292 g/mol. The smallest absolute Gasteiger partial charge is 0.292 e. The third kappa shape index (κ3) is 3.98. The summed E-state index contributed by atoms with van der Waals surface area (Å²) in [5, 5.41) is 13.9. The van der Waals surface area contributed by atoms with E-state index in [1.165, 1.54) is 18.2 Å². The summed E-state index contributed by atoms with van der Waals surface area (Å²) in [6.45, 7) is 2.11. The Morgan fingerprint density at radius 1 is 1.14 bits per heavy atom. The molecule has 0 aliphatic rings. The molecule has 6 heteroatoms. The molecule has 0 aliphatic heterocycles. The van der Waals surface area contributed by atoms with Gasteiger partial charge in [-0.15, -0.1) is 0 Å². The lowest BCUT2D eigenvalue weighted by atomic mass is 10.1. The van der Waals surface area contributed by atoms with Gasteiger partial charge in [-0.3, -0.25) is 10.1 Å². The number of hydrogen-bond donors (Lipinski definition) is 1. The molecule has 0 amide bonds. The Balaban J connectivity index is 2.05. The maximum Gasteiger partial charge on any atom is 0.292 e. The zero-order valence-corrected chi connectivity index (χ0v) is 11.4. The van der Waals surface area contributed by atoms with Gasteiger partial charge in [0.2, 0.25) is 0 Å². The Morgan fingerprint density at radius 3 is 2.43 bits per heavy atom. The molecule has 0 saturated heterocycles. The predicted octanol–water partition coefficient (Wildman–Crippen LogP) is 3.84. The van der Waals surface area contributed by atoms with Gasteiger partial charge in [0.05, 0.1) is 4.92 Å². The number of anilines is 1. The highest BCUT2D eigenvalue weighted by Gasteiger charge is 2.13. The van der Waals surface area contributed by atoms with Crippen LogP contribution in [0.4, 0.5) is 20.2 Å². The molecule has 0 saturated carbocycles. The largest absolute Gasteiger partial charge is 0.379 e. The number of benzene rings is 2. The molecule has 0 heterocycles. The molecule has 0 aromatic heterocycles. The lowest BCUT2D eigenvalue weighted by Crippen LogP contribution is -2.07. The lowest BCUT2D eigenvalue weighted by molar-refractivity contribution is -0.384. The van der Waals surface area contributed by atoms with Crippen molar-refractivity contribution in [3.05, 3.63) is 69.3 Å². The van der Waals surface area contributed by atoms with Gasteiger partial charge in [0.1, 0.15) is 17.3 Å². The van der Waals surface area contributed by atoms with Crippen molar-refractivity contribution in [2.75, 3.05) is 11.9 Å². The van der Waals surface area contributed by atoms with Gasteiger partial charge in [-0.05, 0) is 42.7 Å². The highest BCUT2D eigenvalue weighted by molar-refractivity contribution is 5.62. The maximum absolute atomic E-state index is 13.0. The van der Waals surface area contributed by atoms with Crippen molar-refractivity contribution < 1.29 is 13.7 Å². The van der Waals surface area contributed by atoms with Crippen LogP contribution < -0.4 is 5.32 Å². The second kappa shape index (κ2) is 6.30. The molecule has 0 fully saturated rings. The Bertz CT molecular complexity index is 654. The molecular weight excluding hydrogens is 278 g/mol. The van der Waals surface area contributed by atoms with Gasteiger partial charge in [0.15, 0.2) is 0 Å². The van der Waals surface area contributed by atoms with Crippen molar-refractivity contribution in [2.24, 2.45) is 0 Å². The second-order valence-corrected chi connectivity index (χ2v) is 4.73. The summed E-state index contributed by atoms with van der Waals surface area (Å²) in [4.78, 5) is 10.5. The number of nitrogens with one attached hydrogen (secondary N) is 1. The standard InChI is InChI=1S/C15H14F2N2O2/c1-10-2-3-14(15(6-10)19(20)21)18-5-4-11-7-12(16)9-13(17)8-11/h2-3,6-9,18H,4-5H2,1H3. The van der Waals surface area contributed by atoms with Crippen molar-refractivity contribution in [1.82, 2.24) is 0 Å². The van der Waals surface area contributed by atoms with E-state index in [9.17, 15) is 18.9 Å². The summed E-state index contributed by atoms with van der Waals surface area (Å²) in [5.41, 5.74) is 1.66. The topological polar surface area (TPSA) is 55.2 Å². The van der Waals surface area contributed by atoms with E-state index in [0.29, 0.717) is 24.2 Å². The fourth-order valence-electron chi connectivity index (χ4n) is 2.04. The molecule has 0 unspecified atom stereocenters. The van der Waals surface area contributed by atoms with Crippen LogP contribution in [0.2, 0.25) is 0 Å². The van der Waals surface area contributed by atoms with Gasteiger partial charge >= 0.3 is 0 Å². The van der Waals surface area contributed by atoms with Crippen LogP contribution in [0.15, 0.2) is 36.4 Å². The van der Waals surface area contributed by atoms with E-state index >= 15 is 0 Å². The van der Waals surface area contributed by atoms with Crippen molar-refractivity contribution in [3.8, 4) is 0 Å². The number of nitro benzene ring substituents is 1. The molecule has 0 aliphatic carbocycles. The number of nitro groups is 1. The van der Waals surface area contributed by atoms with Crippen LogP contribution in [-0.2, 0) is 6.42 Å². The van der Waals surface area contributed by atoms with Crippen molar-refractivity contribution >= 4 is 11.4 Å². The Labute approximate surface area is 120 Å². The van der Waals surface area contributed by atoms with E-state index < -0.39 is 16.6 Å². The molecule has 21 heavy (non-hydrogen) atoms. The van der Waals surface area contributed by atoms with Crippen LogP contribution in [-0.4, -0.2) is 11.5 Å². The SMILES string of the molecule is Cc1ccc(NCCc2cc(F)cc(F)c2)c([N+](=O)[O-])c1. The third-order valence-corrected chi connectivity index (χ3v) is 3.00. The summed E-state index contributed by atoms with van der Waals surface area (Å²) < 4.78 is 26.1. The molecule has 0 radical (unpaired) electrons. The van der Waals surface area contributed by atoms with Gasteiger partial charge < -0.3 is 5.32 Å². The van der Waals surface area contributed by atoms with E-state index in [2.05, 4.69) is 5.32 Å². The zero-order valence-electron chi connectivity index (χ0n) is 11.4.